The van der Waals surface area contributed by atoms with Crippen LogP contribution in [-0.4, -0.2) is 46.3 Å². The van der Waals surface area contributed by atoms with Crippen LogP contribution in [0, 0.1) is 18.7 Å². The Bertz CT molecular complexity index is 772. The van der Waals surface area contributed by atoms with Crippen molar-refractivity contribution in [2.45, 2.75) is 25.8 Å². The number of halogens is 1. The fourth-order valence-corrected chi connectivity index (χ4v) is 3.92. The van der Waals surface area contributed by atoms with Crippen LogP contribution in [0.2, 0.25) is 0 Å². The van der Waals surface area contributed by atoms with E-state index in [0.29, 0.717) is 11.6 Å². The molecule has 1 N–H and O–H groups in total. The van der Waals surface area contributed by atoms with Crippen molar-refractivity contribution in [2.75, 3.05) is 19.6 Å². The zero-order valence-corrected chi connectivity index (χ0v) is 13.7. The van der Waals surface area contributed by atoms with E-state index in [1.165, 1.54) is 12.1 Å². The van der Waals surface area contributed by atoms with Crippen LogP contribution in [-0.2, 0) is 0 Å². The number of benzene rings is 1. The SMILES string of the molecule is Cc1cc(F)ccc1-n1ccc(C(=O)N2CCC3CCNCC32)n1. The first-order valence-corrected chi connectivity index (χ1v) is 8.47. The highest BCUT2D eigenvalue weighted by molar-refractivity contribution is 5.92. The molecule has 24 heavy (non-hydrogen) atoms. The van der Waals surface area contributed by atoms with Crippen molar-refractivity contribution in [3.05, 3.63) is 47.5 Å². The van der Waals surface area contributed by atoms with E-state index < -0.39 is 0 Å². The van der Waals surface area contributed by atoms with Gasteiger partial charge in [-0.1, -0.05) is 0 Å². The monoisotopic (exact) mass is 328 g/mol. The predicted octanol–water partition coefficient (Wildman–Crippen LogP) is 2.14. The highest BCUT2D eigenvalue weighted by Gasteiger charge is 2.39. The number of carbonyl (C=O) groups is 1. The van der Waals surface area contributed by atoms with Crippen molar-refractivity contribution in [2.24, 2.45) is 5.92 Å². The molecule has 2 aliphatic heterocycles. The number of hydrogen-bond acceptors (Lipinski definition) is 3. The number of fused-ring (bicyclic) bond motifs is 1. The largest absolute Gasteiger partial charge is 0.333 e. The zero-order chi connectivity index (χ0) is 16.7. The Morgan fingerprint density at radius 2 is 2.21 bits per heavy atom. The van der Waals surface area contributed by atoms with E-state index in [0.717, 1.165) is 43.7 Å². The highest BCUT2D eigenvalue weighted by atomic mass is 19.1. The fourth-order valence-electron chi connectivity index (χ4n) is 3.92. The lowest BCUT2D eigenvalue weighted by molar-refractivity contribution is 0.0696. The average Bonchev–Trinajstić information content (AvgIpc) is 3.21. The Balaban J connectivity index is 1.57. The molecule has 1 aromatic carbocycles. The highest BCUT2D eigenvalue weighted by Crippen LogP contribution is 2.30. The van der Waals surface area contributed by atoms with Gasteiger partial charge in [0.25, 0.3) is 5.91 Å². The fraction of sp³-hybridized carbons (Fsp3) is 0.444. The van der Waals surface area contributed by atoms with Crippen LogP contribution in [0.1, 0.15) is 28.9 Å². The van der Waals surface area contributed by atoms with Crippen LogP contribution in [0.3, 0.4) is 0 Å². The lowest BCUT2D eigenvalue weighted by atomic mass is 9.93. The molecule has 0 radical (unpaired) electrons. The summed E-state index contributed by atoms with van der Waals surface area (Å²) < 4.78 is 14.9. The molecule has 2 aromatic rings. The van der Waals surface area contributed by atoms with Gasteiger partial charge in [-0.2, -0.15) is 5.10 Å². The summed E-state index contributed by atoms with van der Waals surface area (Å²) in [5.41, 5.74) is 2.02. The summed E-state index contributed by atoms with van der Waals surface area (Å²) >= 11 is 0. The lowest BCUT2D eigenvalue weighted by Crippen LogP contribution is -2.48. The number of likely N-dealkylation sites (tertiary alicyclic amines) is 1. The van der Waals surface area contributed by atoms with Crippen LogP contribution >= 0.6 is 0 Å². The number of nitrogens with zero attached hydrogens (tertiary/aromatic N) is 3. The first-order chi connectivity index (χ1) is 11.6. The number of amides is 1. The third-order valence-corrected chi connectivity index (χ3v) is 5.21. The summed E-state index contributed by atoms with van der Waals surface area (Å²) in [5, 5.41) is 7.82. The van der Waals surface area contributed by atoms with E-state index in [1.807, 2.05) is 11.8 Å². The molecule has 0 saturated carbocycles. The first-order valence-electron chi connectivity index (χ1n) is 8.47. The van der Waals surface area contributed by atoms with Gasteiger partial charge in [-0.05, 0) is 62.1 Å². The molecule has 2 fully saturated rings. The lowest BCUT2D eigenvalue weighted by Gasteiger charge is -2.31. The van der Waals surface area contributed by atoms with Crippen molar-refractivity contribution in [3.63, 3.8) is 0 Å². The number of hydrogen-bond donors (Lipinski definition) is 1. The molecule has 3 heterocycles. The summed E-state index contributed by atoms with van der Waals surface area (Å²) in [5.74, 6) is 0.328. The maximum Gasteiger partial charge on any atom is 0.274 e. The van der Waals surface area contributed by atoms with Crippen molar-refractivity contribution < 1.29 is 9.18 Å². The van der Waals surface area contributed by atoms with Gasteiger partial charge in [0.1, 0.15) is 5.82 Å². The van der Waals surface area contributed by atoms with Crippen LogP contribution in [0.4, 0.5) is 4.39 Å². The molecule has 6 heteroatoms. The van der Waals surface area contributed by atoms with Crippen molar-refractivity contribution in [1.29, 1.82) is 0 Å². The van der Waals surface area contributed by atoms with E-state index >= 15 is 0 Å². The second-order valence-corrected chi connectivity index (χ2v) is 6.68. The molecule has 1 amide bonds. The maximum absolute atomic E-state index is 13.3. The molecule has 2 atom stereocenters. The summed E-state index contributed by atoms with van der Waals surface area (Å²) in [7, 11) is 0. The van der Waals surface area contributed by atoms with E-state index in [4.69, 9.17) is 0 Å². The Morgan fingerprint density at radius 3 is 3.04 bits per heavy atom. The van der Waals surface area contributed by atoms with Crippen molar-refractivity contribution in [3.8, 4) is 5.69 Å². The normalized spacial score (nSPS) is 23.3. The summed E-state index contributed by atoms with van der Waals surface area (Å²) in [6.07, 6.45) is 3.98. The van der Waals surface area contributed by atoms with Gasteiger partial charge < -0.3 is 10.2 Å². The third-order valence-electron chi connectivity index (χ3n) is 5.21. The Hall–Kier alpha value is -2.21. The van der Waals surface area contributed by atoms with Crippen LogP contribution in [0.5, 0.6) is 0 Å². The van der Waals surface area contributed by atoms with Crippen molar-refractivity contribution >= 4 is 5.91 Å². The number of aromatic nitrogens is 2. The molecule has 0 spiro atoms. The quantitative estimate of drug-likeness (QED) is 0.919. The molecule has 2 unspecified atom stereocenters. The smallest absolute Gasteiger partial charge is 0.274 e. The Kier molecular flexibility index (Phi) is 3.84. The topological polar surface area (TPSA) is 50.2 Å². The molecular weight excluding hydrogens is 307 g/mol. The van der Waals surface area contributed by atoms with E-state index in [2.05, 4.69) is 10.4 Å². The molecule has 0 bridgehead atoms. The van der Waals surface area contributed by atoms with Gasteiger partial charge in [0.2, 0.25) is 0 Å². The van der Waals surface area contributed by atoms with Gasteiger partial charge >= 0.3 is 0 Å². The van der Waals surface area contributed by atoms with Crippen molar-refractivity contribution in [1.82, 2.24) is 20.0 Å². The minimum atomic E-state index is -0.271. The zero-order valence-electron chi connectivity index (χ0n) is 13.7. The number of nitrogens with one attached hydrogen (secondary N) is 1. The van der Waals surface area contributed by atoms with E-state index in [1.54, 1.807) is 23.0 Å². The summed E-state index contributed by atoms with van der Waals surface area (Å²) in [6, 6.07) is 6.59. The summed E-state index contributed by atoms with van der Waals surface area (Å²) in [4.78, 5) is 14.8. The molecule has 4 rings (SSSR count). The molecule has 2 aliphatic rings. The van der Waals surface area contributed by atoms with Gasteiger partial charge in [0.15, 0.2) is 5.69 Å². The van der Waals surface area contributed by atoms with Gasteiger partial charge in [-0.25, -0.2) is 9.07 Å². The minimum absolute atomic E-state index is 0.00952. The van der Waals surface area contributed by atoms with Gasteiger partial charge in [0, 0.05) is 25.3 Å². The average molecular weight is 328 g/mol. The molecular formula is C18H21FN4O. The molecule has 0 aliphatic carbocycles. The van der Waals surface area contributed by atoms with E-state index in [-0.39, 0.29) is 17.8 Å². The second kappa shape index (κ2) is 6.02. The third kappa shape index (κ3) is 2.60. The molecule has 5 nitrogen and oxygen atoms in total. The Morgan fingerprint density at radius 1 is 1.33 bits per heavy atom. The molecule has 126 valence electrons. The van der Waals surface area contributed by atoms with Gasteiger partial charge in [-0.15, -0.1) is 0 Å². The molecule has 1 aromatic heterocycles. The predicted molar refractivity (Wildman–Crippen MR) is 88.7 cm³/mol. The van der Waals surface area contributed by atoms with Crippen LogP contribution < -0.4 is 5.32 Å². The maximum atomic E-state index is 13.3. The second-order valence-electron chi connectivity index (χ2n) is 6.68. The first kappa shape index (κ1) is 15.3. The number of aryl methyl sites for hydroxylation is 1. The van der Waals surface area contributed by atoms with Gasteiger partial charge in [-0.3, -0.25) is 4.79 Å². The minimum Gasteiger partial charge on any atom is -0.333 e. The van der Waals surface area contributed by atoms with Crippen LogP contribution in [0.15, 0.2) is 30.5 Å². The van der Waals surface area contributed by atoms with Crippen LogP contribution in [0.25, 0.3) is 5.69 Å². The Labute approximate surface area is 140 Å². The van der Waals surface area contributed by atoms with E-state index in [9.17, 15) is 9.18 Å². The molecule has 2 saturated heterocycles. The number of rotatable bonds is 2. The standard InChI is InChI=1S/C18H21FN4O/c1-12-10-14(19)2-3-16(12)23-9-6-15(21-23)18(24)22-8-5-13-4-7-20-11-17(13)22/h2-3,6,9-10,13,17,20H,4-5,7-8,11H2,1H3. The van der Waals surface area contributed by atoms with Gasteiger partial charge in [0.05, 0.1) is 5.69 Å². The number of piperidine rings is 1. The number of carbonyl (C=O) groups excluding carboxylic acids is 1. The summed E-state index contributed by atoms with van der Waals surface area (Å²) in [6.45, 7) is 4.55.